The Morgan fingerprint density at radius 3 is 1.80 bits per heavy atom. The van der Waals surface area contributed by atoms with Gasteiger partial charge in [-0.2, -0.15) is 23.5 Å². The number of hydrogen-bond donors (Lipinski definition) is 7. The second-order valence-corrected chi connectivity index (χ2v) is 21.6. The normalized spacial score (nSPS) is 14.1. The number of carbonyl (C=O) groups excluding carboxylic acids is 5. The predicted octanol–water partition coefficient (Wildman–Crippen LogP) is 3.81. The van der Waals surface area contributed by atoms with Crippen LogP contribution in [-0.2, 0) is 57.3 Å². The maximum atomic E-state index is 13.1. The highest BCUT2D eigenvalue weighted by Gasteiger charge is 2.48. The van der Waals surface area contributed by atoms with Gasteiger partial charge in [0.05, 0.1) is 36.9 Å². The van der Waals surface area contributed by atoms with Crippen LogP contribution in [0.2, 0.25) is 0 Å². The molecule has 0 rings (SSSR count). The molecule has 0 heterocycles. The van der Waals surface area contributed by atoms with Gasteiger partial charge in [0, 0.05) is 59.5 Å². The molecule has 0 aromatic carbocycles. The molecular formula is C44H78N4O15S2. The first kappa shape index (κ1) is 61.5. The van der Waals surface area contributed by atoms with Crippen molar-refractivity contribution in [1.29, 1.82) is 0 Å². The average molecular weight is 967 g/mol. The molecule has 0 aliphatic carbocycles. The fourth-order valence-corrected chi connectivity index (χ4v) is 7.31. The summed E-state index contributed by atoms with van der Waals surface area (Å²) in [6, 6.07) is -2.40. The Kier molecular flexibility index (Phi) is 25.9. The lowest BCUT2D eigenvalue weighted by molar-refractivity contribution is -0.221. The van der Waals surface area contributed by atoms with Crippen molar-refractivity contribution in [3.63, 3.8) is 0 Å². The van der Waals surface area contributed by atoms with Gasteiger partial charge in [0.15, 0.2) is 5.78 Å². The van der Waals surface area contributed by atoms with Gasteiger partial charge in [-0.1, -0.05) is 27.7 Å². The van der Waals surface area contributed by atoms with Crippen LogP contribution in [-0.4, -0.2) is 153 Å². The maximum Gasteiger partial charge on any atom is 0.322 e. The number of nitrogens with two attached hydrogens (primary N) is 1. The van der Waals surface area contributed by atoms with Gasteiger partial charge in [0.2, 0.25) is 17.7 Å². The van der Waals surface area contributed by atoms with Crippen molar-refractivity contribution in [3.8, 4) is 0 Å². The number of aliphatic carboxylic acids is 3. The van der Waals surface area contributed by atoms with E-state index in [-0.39, 0.29) is 74.6 Å². The predicted molar refractivity (Wildman–Crippen MR) is 249 cm³/mol. The first-order valence-electron chi connectivity index (χ1n) is 21.7. The zero-order valence-corrected chi connectivity index (χ0v) is 42.4. The van der Waals surface area contributed by atoms with Crippen molar-refractivity contribution in [1.82, 2.24) is 16.0 Å². The molecule has 376 valence electrons. The summed E-state index contributed by atoms with van der Waals surface area (Å²) in [6.07, 6.45) is 0.0197. The molecule has 0 aliphatic heterocycles. The molecule has 0 fully saturated rings. The van der Waals surface area contributed by atoms with Gasteiger partial charge in [-0.05, 0) is 68.7 Å². The van der Waals surface area contributed by atoms with E-state index in [0.717, 1.165) is 0 Å². The highest BCUT2D eigenvalue weighted by Crippen LogP contribution is 2.44. The number of rotatable bonds is 35. The number of nitrogens with one attached hydrogen (secondary N) is 3. The molecule has 0 bridgehead atoms. The van der Waals surface area contributed by atoms with Gasteiger partial charge in [0.25, 0.3) is 0 Å². The molecule has 1 unspecified atom stereocenters. The monoisotopic (exact) mass is 966 g/mol. The van der Waals surface area contributed by atoms with Crippen LogP contribution in [0, 0.1) is 10.8 Å². The highest BCUT2D eigenvalue weighted by atomic mass is 32.2. The van der Waals surface area contributed by atoms with Crippen LogP contribution in [0.25, 0.3) is 0 Å². The lowest BCUT2D eigenvalue weighted by atomic mass is 9.71. The first-order chi connectivity index (χ1) is 29.6. The van der Waals surface area contributed by atoms with E-state index in [1.165, 1.54) is 23.5 Å². The smallest absolute Gasteiger partial charge is 0.322 e. The SMILES string of the molecule is CC(OC(C)(C)C(C)(C)COC(C)(C)C(=O)CCSCCC(=O)NCC(=O)O)C(C)(C)C(C)(C)OCCC(C)(C)OC(=O)CCSC[C@H](NC(=O)CC[C@H](N)C(=O)O)C(=O)NCC(=O)O. The van der Waals surface area contributed by atoms with Gasteiger partial charge in [-0.3, -0.25) is 38.4 Å². The van der Waals surface area contributed by atoms with Crippen molar-refractivity contribution in [2.45, 2.75) is 169 Å². The molecular weight excluding hydrogens is 889 g/mol. The lowest BCUT2D eigenvalue weighted by Crippen LogP contribution is -2.55. The standard InChI is InChI=1S/C44H78N4O15S2/c1-28(62-43(10,11)39(2,3)27-61-42(8,9)31(49)16-21-64-22-17-32(50)46-24-34(52)53)41(6,7)44(12,13)60-20-19-40(4,5)63-36(56)18-23-65-26-30(37(57)47-25-35(54)55)48-33(51)15-14-29(45)38(58)59/h28-30H,14-27,45H2,1-13H3,(H,46,50)(H,47,57)(H,48,51)(H,52,53)(H,54,55)(H,58,59)/t28?,29-,30-/m0/s1. The van der Waals surface area contributed by atoms with Gasteiger partial charge in [0.1, 0.15) is 36.4 Å². The molecule has 3 amide bonds. The number of carboxylic acid groups (broad SMARTS) is 3. The number of thioether (sulfide) groups is 2. The lowest BCUT2D eigenvalue weighted by Gasteiger charge is -2.50. The fourth-order valence-electron chi connectivity index (χ4n) is 5.50. The van der Waals surface area contributed by atoms with E-state index in [0.29, 0.717) is 17.9 Å². The number of hydrogen-bond acceptors (Lipinski definition) is 15. The van der Waals surface area contributed by atoms with Crippen LogP contribution in [0.5, 0.6) is 0 Å². The van der Waals surface area contributed by atoms with E-state index in [4.69, 9.17) is 40.0 Å². The Balaban J connectivity index is 5.15. The van der Waals surface area contributed by atoms with Crippen molar-refractivity contribution >= 4 is 70.9 Å². The Morgan fingerprint density at radius 2 is 1.23 bits per heavy atom. The number of carboxylic acids is 3. The second-order valence-electron chi connectivity index (χ2n) is 19.3. The van der Waals surface area contributed by atoms with Gasteiger partial charge < -0.3 is 56.0 Å². The molecule has 0 radical (unpaired) electrons. The van der Waals surface area contributed by atoms with E-state index in [9.17, 15) is 38.4 Å². The van der Waals surface area contributed by atoms with Crippen LogP contribution in [0.4, 0.5) is 0 Å². The molecule has 21 heteroatoms. The van der Waals surface area contributed by atoms with E-state index >= 15 is 0 Å². The first-order valence-corrected chi connectivity index (χ1v) is 24.0. The van der Waals surface area contributed by atoms with Crippen LogP contribution in [0.1, 0.15) is 129 Å². The van der Waals surface area contributed by atoms with E-state index in [1.54, 1.807) is 27.7 Å². The molecule has 8 N–H and O–H groups in total. The van der Waals surface area contributed by atoms with E-state index < -0.39 is 94.1 Å². The van der Waals surface area contributed by atoms with Crippen LogP contribution >= 0.6 is 23.5 Å². The minimum Gasteiger partial charge on any atom is -0.480 e. The van der Waals surface area contributed by atoms with E-state index in [1.807, 2.05) is 48.5 Å². The molecule has 0 saturated carbocycles. The number of ketones is 1. The minimum absolute atomic E-state index is 0.00800. The largest absolute Gasteiger partial charge is 0.480 e. The summed E-state index contributed by atoms with van der Waals surface area (Å²) in [5, 5.41) is 33.6. The Morgan fingerprint density at radius 1 is 0.677 bits per heavy atom. The third-order valence-electron chi connectivity index (χ3n) is 11.9. The van der Waals surface area contributed by atoms with Crippen molar-refractivity contribution in [2.75, 3.05) is 49.3 Å². The molecule has 0 aromatic heterocycles. The zero-order valence-electron chi connectivity index (χ0n) is 40.8. The summed E-state index contributed by atoms with van der Waals surface area (Å²) in [5.74, 6) is -4.77. The summed E-state index contributed by atoms with van der Waals surface area (Å²) < 4.78 is 25.3. The number of ether oxygens (including phenoxy) is 4. The summed E-state index contributed by atoms with van der Waals surface area (Å²) in [4.78, 5) is 95.2. The number of carbonyl (C=O) groups is 8. The highest BCUT2D eigenvalue weighted by molar-refractivity contribution is 7.99. The number of Topliss-reactive ketones (excluding diaryl/α,β-unsaturated/α-hetero) is 1. The van der Waals surface area contributed by atoms with Gasteiger partial charge >= 0.3 is 23.9 Å². The summed E-state index contributed by atoms with van der Waals surface area (Å²) in [6.45, 7) is 24.5. The van der Waals surface area contributed by atoms with E-state index in [2.05, 4.69) is 29.8 Å². The molecule has 0 aliphatic rings. The topological polar surface area (TPSA) is 296 Å². The molecule has 3 atom stereocenters. The molecule has 65 heavy (non-hydrogen) atoms. The molecule has 0 saturated heterocycles. The third-order valence-corrected chi connectivity index (χ3v) is 13.9. The van der Waals surface area contributed by atoms with Crippen molar-refractivity contribution < 1.29 is 72.6 Å². The molecule has 0 aromatic rings. The Bertz CT molecular complexity index is 1620. The Labute approximate surface area is 393 Å². The van der Waals surface area contributed by atoms with Crippen molar-refractivity contribution in [3.05, 3.63) is 0 Å². The molecule has 0 spiro atoms. The summed E-state index contributed by atoms with van der Waals surface area (Å²) in [5.41, 5.74) is 0.996. The Hall–Kier alpha value is -3.50. The van der Waals surface area contributed by atoms with Crippen molar-refractivity contribution in [2.24, 2.45) is 16.6 Å². The summed E-state index contributed by atoms with van der Waals surface area (Å²) in [7, 11) is 0. The van der Waals surface area contributed by atoms with Crippen LogP contribution < -0.4 is 21.7 Å². The zero-order chi connectivity index (χ0) is 50.6. The molecule has 19 nitrogen and oxygen atoms in total. The average Bonchev–Trinajstić information content (AvgIpc) is 3.17. The fraction of sp³-hybridized carbons (Fsp3) is 0.818. The maximum absolute atomic E-state index is 13.1. The minimum atomic E-state index is -1.28. The van der Waals surface area contributed by atoms with Gasteiger partial charge in [-0.15, -0.1) is 0 Å². The quantitative estimate of drug-likeness (QED) is 0.0351. The van der Waals surface area contributed by atoms with Crippen LogP contribution in [0.15, 0.2) is 0 Å². The number of amides is 3. The van der Waals surface area contributed by atoms with Crippen LogP contribution in [0.3, 0.4) is 0 Å². The van der Waals surface area contributed by atoms with Gasteiger partial charge in [-0.25, -0.2) is 0 Å². The third kappa shape index (κ3) is 23.7. The second kappa shape index (κ2) is 27.3. The summed E-state index contributed by atoms with van der Waals surface area (Å²) >= 11 is 2.61. The number of esters is 1.